The van der Waals surface area contributed by atoms with Crippen LogP contribution in [0.1, 0.15) is 43.5 Å². The van der Waals surface area contributed by atoms with E-state index in [-0.39, 0.29) is 5.91 Å². The van der Waals surface area contributed by atoms with Crippen molar-refractivity contribution in [3.8, 4) is 0 Å². The number of thioether (sulfide) groups is 1. The predicted molar refractivity (Wildman–Crippen MR) is 79.1 cm³/mol. The molecule has 20 heavy (non-hydrogen) atoms. The fourth-order valence-electron chi connectivity index (χ4n) is 2.17. The zero-order valence-corrected chi connectivity index (χ0v) is 12.5. The summed E-state index contributed by atoms with van der Waals surface area (Å²) in [4.78, 5) is 24.4. The van der Waals surface area contributed by atoms with E-state index in [4.69, 9.17) is 0 Å². The van der Waals surface area contributed by atoms with Crippen molar-refractivity contribution in [2.24, 2.45) is 0 Å². The molecule has 1 amide bonds. The Labute approximate surface area is 123 Å². The van der Waals surface area contributed by atoms with Gasteiger partial charge in [-0.25, -0.2) is 4.79 Å². The third-order valence-corrected chi connectivity index (χ3v) is 4.47. The van der Waals surface area contributed by atoms with Gasteiger partial charge in [0, 0.05) is 15.7 Å². The lowest BCUT2D eigenvalue weighted by atomic mass is 9.76. The van der Waals surface area contributed by atoms with Gasteiger partial charge in [-0.3, -0.25) is 4.79 Å². The molecule has 1 saturated carbocycles. The van der Waals surface area contributed by atoms with E-state index in [1.165, 1.54) is 0 Å². The molecule has 0 radical (unpaired) electrons. The smallest absolute Gasteiger partial charge is 0.329 e. The number of hydrogen-bond donors (Lipinski definition) is 2. The lowest BCUT2D eigenvalue weighted by molar-refractivity contribution is -0.148. The highest BCUT2D eigenvalue weighted by Gasteiger charge is 2.45. The summed E-state index contributed by atoms with van der Waals surface area (Å²) >= 11 is 1.73. The summed E-state index contributed by atoms with van der Waals surface area (Å²) in [6, 6.07) is 7.28. The molecule has 0 bridgehead atoms. The van der Waals surface area contributed by atoms with Crippen LogP contribution in [0.25, 0.3) is 0 Å². The Hall–Kier alpha value is -1.49. The van der Waals surface area contributed by atoms with E-state index in [1.54, 1.807) is 23.9 Å². The molecule has 2 rings (SSSR count). The van der Waals surface area contributed by atoms with Crippen LogP contribution in [0.3, 0.4) is 0 Å². The van der Waals surface area contributed by atoms with Crippen LogP contribution in [0.4, 0.5) is 0 Å². The van der Waals surface area contributed by atoms with Crippen LogP contribution in [0.2, 0.25) is 0 Å². The molecule has 0 atom stereocenters. The molecule has 0 unspecified atom stereocenters. The van der Waals surface area contributed by atoms with Gasteiger partial charge in [0.2, 0.25) is 0 Å². The molecule has 108 valence electrons. The van der Waals surface area contributed by atoms with Crippen LogP contribution in [0.15, 0.2) is 29.2 Å². The molecule has 1 aliphatic rings. The van der Waals surface area contributed by atoms with E-state index in [0.717, 1.165) is 11.3 Å². The van der Waals surface area contributed by atoms with Gasteiger partial charge in [-0.2, -0.15) is 0 Å². The highest BCUT2D eigenvalue weighted by molar-refractivity contribution is 7.99. The molecule has 1 aliphatic carbocycles. The van der Waals surface area contributed by atoms with Crippen LogP contribution < -0.4 is 5.32 Å². The number of rotatable bonds is 5. The molecule has 1 aromatic rings. The SMILES string of the molecule is CC(C)Sc1ccc(C(=O)NC2(C(=O)O)CCC2)cc1. The number of benzene rings is 1. The molecule has 0 spiro atoms. The number of carbonyl (C=O) groups excluding carboxylic acids is 1. The first-order valence-corrected chi connectivity index (χ1v) is 7.63. The molecular formula is C15H19NO3S. The summed E-state index contributed by atoms with van der Waals surface area (Å²) in [5.74, 6) is -1.25. The Morgan fingerprint density at radius 3 is 2.25 bits per heavy atom. The minimum absolute atomic E-state index is 0.312. The van der Waals surface area contributed by atoms with Crippen molar-refractivity contribution >= 4 is 23.6 Å². The Kier molecular flexibility index (Phi) is 4.38. The maximum absolute atomic E-state index is 12.1. The fourth-order valence-corrected chi connectivity index (χ4v) is 3.01. The zero-order valence-electron chi connectivity index (χ0n) is 11.7. The first kappa shape index (κ1) is 14.9. The molecule has 0 aromatic heterocycles. The molecule has 4 nitrogen and oxygen atoms in total. The van der Waals surface area contributed by atoms with Crippen molar-refractivity contribution in [3.63, 3.8) is 0 Å². The van der Waals surface area contributed by atoms with Crippen molar-refractivity contribution in [2.45, 2.75) is 48.8 Å². The highest BCUT2D eigenvalue weighted by Crippen LogP contribution is 2.32. The van der Waals surface area contributed by atoms with Gasteiger partial charge in [0.1, 0.15) is 5.54 Å². The number of amides is 1. The molecule has 1 fully saturated rings. The molecule has 0 heterocycles. The summed E-state index contributed by atoms with van der Waals surface area (Å²) in [5.41, 5.74) is -0.548. The van der Waals surface area contributed by atoms with Crippen LogP contribution >= 0.6 is 11.8 Å². The summed E-state index contributed by atoms with van der Waals surface area (Å²) in [6.45, 7) is 4.22. The van der Waals surface area contributed by atoms with E-state index >= 15 is 0 Å². The van der Waals surface area contributed by atoms with Gasteiger partial charge in [-0.05, 0) is 43.5 Å². The number of hydrogen-bond acceptors (Lipinski definition) is 3. The Morgan fingerprint density at radius 2 is 1.85 bits per heavy atom. The Balaban J connectivity index is 2.04. The van der Waals surface area contributed by atoms with Crippen molar-refractivity contribution in [2.75, 3.05) is 0 Å². The van der Waals surface area contributed by atoms with Crippen LogP contribution in [-0.4, -0.2) is 27.8 Å². The lowest BCUT2D eigenvalue weighted by Gasteiger charge is -2.38. The van der Waals surface area contributed by atoms with E-state index in [9.17, 15) is 14.7 Å². The first-order chi connectivity index (χ1) is 9.43. The maximum atomic E-state index is 12.1. The molecule has 5 heteroatoms. The average molecular weight is 293 g/mol. The quantitative estimate of drug-likeness (QED) is 0.819. The van der Waals surface area contributed by atoms with Gasteiger partial charge in [0.05, 0.1) is 0 Å². The van der Waals surface area contributed by atoms with E-state index in [1.807, 2.05) is 12.1 Å². The standard InChI is InChI=1S/C15H19NO3S/c1-10(2)20-12-6-4-11(5-7-12)13(17)16-15(14(18)19)8-3-9-15/h4-7,10H,3,8-9H2,1-2H3,(H,16,17)(H,18,19). The van der Waals surface area contributed by atoms with Crippen molar-refractivity contribution < 1.29 is 14.7 Å². The fraction of sp³-hybridized carbons (Fsp3) is 0.467. The van der Waals surface area contributed by atoms with E-state index < -0.39 is 11.5 Å². The Morgan fingerprint density at radius 1 is 1.25 bits per heavy atom. The van der Waals surface area contributed by atoms with Gasteiger partial charge in [-0.15, -0.1) is 11.8 Å². The van der Waals surface area contributed by atoms with Gasteiger partial charge in [0.15, 0.2) is 0 Å². The van der Waals surface area contributed by atoms with Gasteiger partial charge < -0.3 is 10.4 Å². The average Bonchev–Trinajstić information content (AvgIpc) is 2.33. The molecule has 1 aromatic carbocycles. The van der Waals surface area contributed by atoms with Gasteiger partial charge in [-0.1, -0.05) is 13.8 Å². The summed E-state index contributed by atoms with van der Waals surface area (Å²) in [7, 11) is 0. The minimum Gasteiger partial charge on any atom is -0.480 e. The van der Waals surface area contributed by atoms with Gasteiger partial charge >= 0.3 is 5.97 Å². The second-order valence-electron chi connectivity index (χ2n) is 5.39. The first-order valence-electron chi connectivity index (χ1n) is 6.75. The third kappa shape index (κ3) is 3.15. The number of carbonyl (C=O) groups is 2. The second kappa shape index (κ2) is 5.87. The molecule has 2 N–H and O–H groups in total. The number of carboxylic acids is 1. The highest BCUT2D eigenvalue weighted by atomic mass is 32.2. The van der Waals surface area contributed by atoms with Crippen LogP contribution in [0.5, 0.6) is 0 Å². The monoisotopic (exact) mass is 293 g/mol. The minimum atomic E-state index is -1.05. The largest absolute Gasteiger partial charge is 0.480 e. The zero-order chi connectivity index (χ0) is 14.8. The van der Waals surface area contributed by atoms with E-state index in [0.29, 0.717) is 23.7 Å². The maximum Gasteiger partial charge on any atom is 0.329 e. The topological polar surface area (TPSA) is 66.4 Å². The molecule has 0 aliphatic heterocycles. The van der Waals surface area contributed by atoms with Crippen molar-refractivity contribution in [1.29, 1.82) is 0 Å². The predicted octanol–water partition coefficient (Wildman–Crippen LogP) is 2.92. The van der Waals surface area contributed by atoms with E-state index in [2.05, 4.69) is 19.2 Å². The van der Waals surface area contributed by atoms with Crippen LogP contribution in [0, 0.1) is 0 Å². The molecule has 0 saturated heterocycles. The van der Waals surface area contributed by atoms with Gasteiger partial charge in [0.25, 0.3) is 5.91 Å². The normalized spacial score (nSPS) is 16.6. The lowest BCUT2D eigenvalue weighted by Crippen LogP contribution is -2.59. The summed E-state index contributed by atoms with van der Waals surface area (Å²) < 4.78 is 0. The van der Waals surface area contributed by atoms with Crippen molar-refractivity contribution in [1.82, 2.24) is 5.32 Å². The van der Waals surface area contributed by atoms with Crippen LogP contribution in [-0.2, 0) is 4.79 Å². The third-order valence-electron chi connectivity index (χ3n) is 3.46. The summed E-state index contributed by atoms with van der Waals surface area (Å²) in [5, 5.41) is 12.4. The number of aliphatic carboxylic acids is 1. The number of carboxylic acid groups (broad SMARTS) is 1. The number of nitrogens with one attached hydrogen (secondary N) is 1. The molecular weight excluding hydrogens is 274 g/mol. The second-order valence-corrected chi connectivity index (χ2v) is 7.04. The Bertz CT molecular complexity index is 506. The summed E-state index contributed by atoms with van der Waals surface area (Å²) in [6.07, 6.45) is 1.86. The van der Waals surface area contributed by atoms with Crippen molar-refractivity contribution in [3.05, 3.63) is 29.8 Å².